The van der Waals surface area contributed by atoms with Gasteiger partial charge in [-0.1, -0.05) is 6.07 Å². The Morgan fingerprint density at radius 2 is 2.25 bits per heavy atom. The molecule has 0 aromatic carbocycles. The molecule has 3 heterocycles. The predicted molar refractivity (Wildman–Crippen MR) is 92.9 cm³/mol. The number of nitrogens with zero attached hydrogens (tertiary/aromatic N) is 4. The van der Waals surface area contributed by atoms with Crippen LogP contribution in [0.3, 0.4) is 0 Å². The second-order valence-electron chi connectivity index (χ2n) is 4.99. The Labute approximate surface area is 142 Å². The molecular formula is C15H17N7OS. The minimum atomic E-state index is -0.330. The second kappa shape index (κ2) is 8.25. The maximum atomic E-state index is 12.0. The fraction of sp³-hybridized carbons (Fsp3) is 0.267. The maximum absolute atomic E-state index is 12.0. The molecule has 24 heavy (non-hydrogen) atoms. The zero-order valence-electron chi connectivity index (χ0n) is 12.9. The third-order valence-electron chi connectivity index (χ3n) is 3.18. The molecule has 0 saturated heterocycles. The highest BCUT2D eigenvalue weighted by atomic mass is 32.2. The van der Waals surface area contributed by atoms with E-state index < -0.39 is 0 Å². The number of aromatic amines is 2. The molecular weight excluding hydrogens is 326 g/mol. The number of hydrogen-bond donors (Lipinski definition) is 3. The Kier molecular flexibility index (Phi) is 5.56. The van der Waals surface area contributed by atoms with Gasteiger partial charge in [-0.3, -0.25) is 9.78 Å². The maximum Gasteiger partial charge on any atom is 0.296 e. The van der Waals surface area contributed by atoms with E-state index in [0.29, 0.717) is 24.6 Å². The van der Waals surface area contributed by atoms with Crippen LogP contribution in [0.5, 0.6) is 0 Å². The molecule has 0 amide bonds. The Balaban J connectivity index is 1.47. The highest BCUT2D eigenvalue weighted by Crippen LogP contribution is 2.07. The van der Waals surface area contributed by atoms with Crippen molar-refractivity contribution in [3.8, 4) is 0 Å². The molecule has 0 bridgehead atoms. The average molecular weight is 343 g/mol. The van der Waals surface area contributed by atoms with Gasteiger partial charge in [-0.25, -0.2) is 10.1 Å². The van der Waals surface area contributed by atoms with E-state index in [2.05, 4.69) is 35.5 Å². The van der Waals surface area contributed by atoms with E-state index in [9.17, 15) is 4.79 Å². The summed E-state index contributed by atoms with van der Waals surface area (Å²) in [6, 6.07) is 3.73. The summed E-state index contributed by atoms with van der Waals surface area (Å²) in [5.74, 6) is 3.02. The molecule has 0 radical (unpaired) electrons. The highest BCUT2D eigenvalue weighted by Gasteiger charge is 2.06. The minimum absolute atomic E-state index is 0.330. The molecule has 0 saturated carbocycles. The molecule has 3 aromatic heterocycles. The molecule has 9 heteroatoms. The first-order valence-electron chi connectivity index (χ1n) is 7.45. The van der Waals surface area contributed by atoms with E-state index in [0.717, 1.165) is 22.9 Å². The van der Waals surface area contributed by atoms with Gasteiger partial charge in [-0.05, 0) is 11.6 Å². The van der Waals surface area contributed by atoms with Gasteiger partial charge in [0.15, 0.2) is 0 Å². The van der Waals surface area contributed by atoms with E-state index in [-0.39, 0.29) is 5.56 Å². The molecule has 124 valence electrons. The topological polar surface area (TPSA) is 112 Å². The number of thioether (sulfide) groups is 1. The van der Waals surface area contributed by atoms with Crippen LogP contribution in [0.15, 0.2) is 41.7 Å². The smallest absolute Gasteiger partial charge is 0.296 e. The van der Waals surface area contributed by atoms with Crippen molar-refractivity contribution in [3.05, 3.63) is 64.4 Å². The zero-order valence-corrected chi connectivity index (χ0v) is 13.7. The molecule has 0 aliphatic rings. The fourth-order valence-corrected chi connectivity index (χ4v) is 2.78. The third-order valence-corrected chi connectivity index (χ3v) is 4.15. The van der Waals surface area contributed by atoms with Crippen molar-refractivity contribution < 1.29 is 0 Å². The molecule has 0 spiro atoms. The van der Waals surface area contributed by atoms with E-state index in [1.807, 2.05) is 18.3 Å². The van der Waals surface area contributed by atoms with Crippen molar-refractivity contribution in [2.45, 2.75) is 12.2 Å². The third kappa shape index (κ3) is 4.66. The summed E-state index contributed by atoms with van der Waals surface area (Å²) >= 11 is 1.74. The zero-order chi connectivity index (χ0) is 16.6. The van der Waals surface area contributed by atoms with Gasteiger partial charge < -0.3 is 10.3 Å². The van der Waals surface area contributed by atoms with E-state index in [4.69, 9.17) is 0 Å². The molecule has 0 atom stereocenters. The molecule has 3 aromatic rings. The molecule has 3 rings (SSSR count). The molecule has 0 unspecified atom stereocenters. The van der Waals surface area contributed by atoms with Crippen molar-refractivity contribution in [2.75, 3.05) is 17.6 Å². The first-order chi connectivity index (χ1) is 11.8. The normalized spacial score (nSPS) is 10.7. The second-order valence-corrected chi connectivity index (χ2v) is 6.09. The van der Waals surface area contributed by atoms with E-state index in [1.54, 1.807) is 30.4 Å². The summed E-state index contributed by atoms with van der Waals surface area (Å²) in [7, 11) is 0. The van der Waals surface area contributed by atoms with Crippen LogP contribution in [0.25, 0.3) is 0 Å². The number of hydrogen-bond acceptors (Lipinski definition) is 7. The molecule has 0 fully saturated rings. The van der Waals surface area contributed by atoms with Gasteiger partial charge >= 0.3 is 0 Å². The fourth-order valence-electron chi connectivity index (χ4n) is 2.04. The predicted octanol–water partition coefficient (Wildman–Crippen LogP) is 1.22. The van der Waals surface area contributed by atoms with Crippen molar-refractivity contribution in [3.63, 3.8) is 0 Å². The summed E-state index contributed by atoms with van der Waals surface area (Å²) in [5.41, 5.74) is 0.969. The van der Waals surface area contributed by atoms with Gasteiger partial charge in [0.05, 0.1) is 5.75 Å². The van der Waals surface area contributed by atoms with Crippen LogP contribution < -0.4 is 10.9 Å². The van der Waals surface area contributed by atoms with Gasteiger partial charge in [0.2, 0.25) is 5.95 Å². The first kappa shape index (κ1) is 16.2. The summed E-state index contributed by atoms with van der Waals surface area (Å²) in [6.45, 7) is 0.679. The van der Waals surface area contributed by atoms with E-state index >= 15 is 0 Å². The number of anilines is 1. The lowest BCUT2D eigenvalue weighted by Gasteiger charge is -2.05. The Hall–Kier alpha value is -2.68. The van der Waals surface area contributed by atoms with Gasteiger partial charge in [0.25, 0.3) is 5.56 Å². The number of aromatic nitrogens is 6. The Morgan fingerprint density at radius 1 is 1.29 bits per heavy atom. The summed E-state index contributed by atoms with van der Waals surface area (Å²) in [6.07, 6.45) is 7.36. The quantitative estimate of drug-likeness (QED) is 0.527. The van der Waals surface area contributed by atoms with Crippen molar-refractivity contribution in [2.24, 2.45) is 0 Å². The number of nitrogens with one attached hydrogen (secondary N) is 3. The highest BCUT2D eigenvalue weighted by molar-refractivity contribution is 7.98. The van der Waals surface area contributed by atoms with Gasteiger partial charge in [0.1, 0.15) is 11.5 Å². The number of pyridine rings is 1. The molecule has 3 N–H and O–H groups in total. The number of imidazole rings is 1. The Bertz CT molecular complexity index is 804. The van der Waals surface area contributed by atoms with Crippen molar-refractivity contribution in [1.29, 1.82) is 0 Å². The lowest BCUT2D eigenvalue weighted by atomic mass is 10.2. The number of H-pyrrole nitrogens is 2. The van der Waals surface area contributed by atoms with Crippen LogP contribution in [0.2, 0.25) is 0 Å². The van der Waals surface area contributed by atoms with Crippen LogP contribution in [-0.4, -0.2) is 42.4 Å². The van der Waals surface area contributed by atoms with Crippen LogP contribution in [-0.2, 0) is 12.2 Å². The summed E-state index contributed by atoms with van der Waals surface area (Å²) in [5, 5.41) is 9.95. The summed E-state index contributed by atoms with van der Waals surface area (Å²) in [4.78, 5) is 27.2. The van der Waals surface area contributed by atoms with Crippen molar-refractivity contribution in [1.82, 2.24) is 30.1 Å². The molecule has 0 aliphatic heterocycles. The lowest BCUT2D eigenvalue weighted by Crippen LogP contribution is -2.20. The summed E-state index contributed by atoms with van der Waals surface area (Å²) < 4.78 is 0. The van der Waals surface area contributed by atoms with E-state index in [1.165, 1.54) is 0 Å². The van der Waals surface area contributed by atoms with Gasteiger partial charge in [-0.15, -0.1) is 0 Å². The van der Waals surface area contributed by atoms with Gasteiger partial charge in [0, 0.05) is 43.5 Å². The van der Waals surface area contributed by atoms with Crippen LogP contribution in [0, 0.1) is 0 Å². The Morgan fingerprint density at radius 3 is 3.00 bits per heavy atom. The largest absolute Gasteiger partial charge is 0.354 e. The van der Waals surface area contributed by atoms with Gasteiger partial charge in [-0.2, -0.15) is 21.8 Å². The van der Waals surface area contributed by atoms with Crippen LogP contribution in [0.1, 0.15) is 17.1 Å². The standard InChI is InChI=1S/C15H17N7OS/c23-14-12(8-11-2-1-3-16-9-11)21-22-15(20-14)19-6-7-24-10-13-17-4-5-18-13/h1-5,9H,6-8,10H2,(H,17,18)(H2,19,20,22,23). The lowest BCUT2D eigenvalue weighted by molar-refractivity contribution is 0.862. The average Bonchev–Trinajstić information content (AvgIpc) is 3.11. The molecule has 8 nitrogen and oxygen atoms in total. The minimum Gasteiger partial charge on any atom is -0.354 e. The SMILES string of the molecule is O=c1nc(NCCSCc2ncc[nH]2)[nH]nc1Cc1cccnc1. The monoisotopic (exact) mass is 343 g/mol. The van der Waals surface area contributed by atoms with Crippen LogP contribution in [0.4, 0.5) is 5.95 Å². The first-order valence-corrected chi connectivity index (χ1v) is 8.61. The van der Waals surface area contributed by atoms with Crippen molar-refractivity contribution >= 4 is 17.7 Å². The van der Waals surface area contributed by atoms with Crippen LogP contribution >= 0.6 is 11.8 Å². The molecule has 0 aliphatic carbocycles. The number of rotatable bonds is 8.